The Balaban J connectivity index is 1.57. The molecule has 0 spiro atoms. The van der Waals surface area contributed by atoms with Crippen molar-refractivity contribution in [2.24, 2.45) is 0 Å². The van der Waals surface area contributed by atoms with Crippen LogP contribution in [0.3, 0.4) is 0 Å². The number of hydrogen-bond acceptors (Lipinski definition) is 3. The number of carbonyl (C=O) groups is 1. The van der Waals surface area contributed by atoms with Gasteiger partial charge in [-0.05, 0) is 50.4 Å². The predicted molar refractivity (Wildman–Crippen MR) is 84.9 cm³/mol. The molecule has 0 radical (unpaired) electrons. The van der Waals surface area contributed by atoms with E-state index in [-0.39, 0.29) is 5.91 Å². The van der Waals surface area contributed by atoms with Crippen LogP contribution < -0.4 is 5.73 Å². The minimum Gasteiger partial charge on any atom is -0.399 e. The SMILES string of the molecule is CC1CN2CCCC2CN1C(=O)CCc1cccc(N)c1. The van der Waals surface area contributed by atoms with Crippen LogP contribution in [0.15, 0.2) is 24.3 Å². The number of rotatable bonds is 3. The molecule has 2 atom stereocenters. The molecule has 1 aromatic carbocycles. The van der Waals surface area contributed by atoms with E-state index in [1.165, 1.54) is 19.4 Å². The van der Waals surface area contributed by atoms with Crippen LogP contribution >= 0.6 is 0 Å². The van der Waals surface area contributed by atoms with Gasteiger partial charge in [-0.15, -0.1) is 0 Å². The van der Waals surface area contributed by atoms with Crippen LogP contribution in [0.5, 0.6) is 0 Å². The molecule has 0 aliphatic carbocycles. The lowest BCUT2D eigenvalue weighted by atomic mass is 10.0. The maximum atomic E-state index is 12.5. The second kappa shape index (κ2) is 6.06. The molecule has 114 valence electrons. The van der Waals surface area contributed by atoms with Crippen LogP contribution in [0.25, 0.3) is 0 Å². The molecule has 0 saturated carbocycles. The molecule has 2 heterocycles. The van der Waals surface area contributed by atoms with Crippen molar-refractivity contribution in [3.05, 3.63) is 29.8 Å². The Labute approximate surface area is 126 Å². The fraction of sp³-hybridized carbons (Fsp3) is 0.588. The summed E-state index contributed by atoms with van der Waals surface area (Å²) >= 11 is 0. The van der Waals surface area contributed by atoms with Gasteiger partial charge in [0.15, 0.2) is 0 Å². The molecule has 3 rings (SSSR count). The Bertz CT molecular complexity index is 517. The Kier molecular flexibility index (Phi) is 4.15. The molecule has 2 saturated heterocycles. The number of aryl methyl sites for hydroxylation is 1. The zero-order chi connectivity index (χ0) is 14.8. The average molecular weight is 287 g/mol. The van der Waals surface area contributed by atoms with Gasteiger partial charge >= 0.3 is 0 Å². The fourth-order valence-corrected chi connectivity index (χ4v) is 3.68. The van der Waals surface area contributed by atoms with Crippen LogP contribution in [0, 0.1) is 0 Å². The molecule has 4 nitrogen and oxygen atoms in total. The van der Waals surface area contributed by atoms with Crippen molar-refractivity contribution in [1.29, 1.82) is 0 Å². The normalized spacial score (nSPS) is 25.9. The third-order valence-electron chi connectivity index (χ3n) is 4.84. The van der Waals surface area contributed by atoms with E-state index in [2.05, 4.69) is 16.7 Å². The molecule has 2 N–H and O–H groups in total. The highest BCUT2D eigenvalue weighted by Gasteiger charge is 2.36. The molecule has 4 heteroatoms. The summed E-state index contributed by atoms with van der Waals surface area (Å²) in [6.45, 7) is 5.33. The van der Waals surface area contributed by atoms with Gasteiger partial charge in [0.2, 0.25) is 5.91 Å². The van der Waals surface area contributed by atoms with Gasteiger partial charge < -0.3 is 10.6 Å². The summed E-state index contributed by atoms with van der Waals surface area (Å²) in [6, 6.07) is 8.78. The van der Waals surface area contributed by atoms with Crippen molar-refractivity contribution in [3.63, 3.8) is 0 Å². The number of nitrogens with two attached hydrogens (primary N) is 1. The van der Waals surface area contributed by atoms with Crippen LogP contribution in [0.1, 0.15) is 31.7 Å². The molecule has 1 amide bonds. The molecule has 21 heavy (non-hydrogen) atoms. The summed E-state index contributed by atoms with van der Waals surface area (Å²) in [4.78, 5) is 17.2. The van der Waals surface area contributed by atoms with E-state index in [9.17, 15) is 4.79 Å². The third kappa shape index (κ3) is 3.21. The monoisotopic (exact) mass is 287 g/mol. The topological polar surface area (TPSA) is 49.6 Å². The number of nitrogens with zero attached hydrogens (tertiary/aromatic N) is 2. The lowest BCUT2D eigenvalue weighted by Gasteiger charge is -2.42. The van der Waals surface area contributed by atoms with Crippen LogP contribution in [-0.2, 0) is 11.2 Å². The van der Waals surface area contributed by atoms with Crippen LogP contribution in [-0.4, -0.2) is 47.4 Å². The molecule has 2 aliphatic heterocycles. The Hall–Kier alpha value is -1.55. The van der Waals surface area contributed by atoms with E-state index in [1.807, 2.05) is 24.3 Å². The first-order valence-electron chi connectivity index (χ1n) is 8.01. The van der Waals surface area contributed by atoms with Gasteiger partial charge in [-0.1, -0.05) is 12.1 Å². The van der Waals surface area contributed by atoms with E-state index < -0.39 is 0 Å². The summed E-state index contributed by atoms with van der Waals surface area (Å²) in [6.07, 6.45) is 3.89. The van der Waals surface area contributed by atoms with Gasteiger partial charge in [0, 0.05) is 37.3 Å². The maximum Gasteiger partial charge on any atom is 0.223 e. The van der Waals surface area contributed by atoms with Crippen LogP contribution in [0.2, 0.25) is 0 Å². The van der Waals surface area contributed by atoms with Gasteiger partial charge in [0.25, 0.3) is 0 Å². The smallest absolute Gasteiger partial charge is 0.223 e. The number of piperazine rings is 1. The molecular formula is C17H25N3O. The van der Waals surface area contributed by atoms with Crippen molar-refractivity contribution in [2.45, 2.75) is 44.7 Å². The number of amides is 1. The molecule has 1 aromatic rings. The van der Waals surface area contributed by atoms with Gasteiger partial charge in [-0.3, -0.25) is 9.69 Å². The summed E-state index contributed by atoms with van der Waals surface area (Å²) in [5, 5.41) is 0. The van der Waals surface area contributed by atoms with Crippen molar-refractivity contribution in [3.8, 4) is 0 Å². The van der Waals surface area contributed by atoms with Gasteiger partial charge in [0.1, 0.15) is 0 Å². The Morgan fingerprint density at radius 1 is 1.38 bits per heavy atom. The lowest BCUT2D eigenvalue weighted by Crippen LogP contribution is -2.56. The fourth-order valence-electron chi connectivity index (χ4n) is 3.68. The quantitative estimate of drug-likeness (QED) is 0.864. The standard InChI is InChI=1S/C17H25N3O/c1-13-11-19-9-3-6-16(19)12-20(13)17(21)8-7-14-4-2-5-15(18)10-14/h2,4-5,10,13,16H,3,6-9,11-12,18H2,1H3. The second-order valence-electron chi connectivity index (χ2n) is 6.43. The number of carbonyl (C=O) groups excluding carboxylic acids is 1. The van der Waals surface area contributed by atoms with E-state index in [0.717, 1.165) is 30.8 Å². The first-order chi connectivity index (χ1) is 10.1. The van der Waals surface area contributed by atoms with Crippen molar-refractivity contribution >= 4 is 11.6 Å². The van der Waals surface area contributed by atoms with Crippen LogP contribution in [0.4, 0.5) is 5.69 Å². The number of hydrogen-bond donors (Lipinski definition) is 1. The highest BCUT2D eigenvalue weighted by molar-refractivity contribution is 5.77. The number of nitrogen functional groups attached to an aromatic ring is 1. The Morgan fingerprint density at radius 2 is 2.24 bits per heavy atom. The largest absolute Gasteiger partial charge is 0.399 e. The molecule has 2 aliphatic rings. The zero-order valence-electron chi connectivity index (χ0n) is 12.8. The molecule has 0 aromatic heterocycles. The van der Waals surface area contributed by atoms with Gasteiger partial charge in [-0.2, -0.15) is 0 Å². The van der Waals surface area contributed by atoms with Crippen molar-refractivity contribution < 1.29 is 4.79 Å². The Morgan fingerprint density at radius 3 is 3.05 bits per heavy atom. The van der Waals surface area contributed by atoms with Gasteiger partial charge in [0.05, 0.1) is 0 Å². The summed E-state index contributed by atoms with van der Waals surface area (Å²) in [5.41, 5.74) is 7.71. The lowest BCUT2D eigenvalue weighted by molar-refractivity contribution is -0.136. The number of fused-ring (bicyclic) bond motifs is 1. The average Bonchev–Trinajstić information content (AvgIpc) is 2.91. The second-order valence-corrected chi connectivity index (χ2v) is 6.43. The summed E-state index contributed by atoms with van der Waals surface area (Å²) in [7, 11) is 0. The van der Waals surface area contributed by atoms with Crippen molar-refractivity contribution in [2.75, 3.05) is 25.4 Å². The molecule has 2 unspecified atom stereocenters. The minimum atomic E-state index is 0.288. The van der Waals surface area contributed by atoms with E-state index in [1.54, 1.807) is 0 Å². The summed E-state index contributed by atoms with van der Waals surface area (Å²) in [5.74, 6) is 0.288. The third-order valence-corrected chi connectivity index (χ3v) is 4.84. The van der Waals surface area contributed by atoms with Crippen molar-refractivity contribution in [1.82, 2.24) is 9.80 Å². The maximum absolute atomic E-state index is 12.5. The highest BCUT2D eigenvalue weighted by Crippen LogP contribution is 2.25. The van der Waals surface area contributed by atoms with E-state index >= 15 is 0 Å². The molecule has 2 fully saturated rings. The first kappa shape index (κ1) is 14.4. The highest BCUT2D eigenvalue weighted by atomic mass is 16.2. The predicted octanol–water partition coefficient (Wildman–Crippen LogP) is 1.90. The summed E-state index contributed by atoms with van der Waals surface area (Å²) < 4.78 is 0. The zero-order valence-corrected chi connectivity index (χ0v) is 12.8. The van der Waals surface area contributed by atoms with Gasteiger partial charge in [-0.25, -0.2) is 0 Å². The number of anilines is 1. The number of benzene rings is 1. The molecule has 0 bridgehead atoms. The first-order valence-corrected chi connectivity index (χ1v) is 8.01. The van der Waals surface area contributed by atoms with E-state index in [4.69, 9.17) is 5.73 Å². The van der Waals surface area contributed by atoms with E-state index in [0.29, 0.717) is 18.5 Å². The molecular weight excluding hydrogens is 262 g/mol. The minimum absolute atomic E-state index is 0.288.